The van der Waals surface area contributed by atoms with Gasteiger partial charge in [-0.25, -0.2) is 4.21 Å². The average Bonchev–Trinajstić information content (AvgIpc) is 2.65. The minimum atomic E-state index is -1.36. The number of hydrogen-bond acceptors (Lipinski definition) is 2. The first-order valence-corrected chi connectivity index (χ1v) is 9.61. The van der Waals surface area contributed by atoms with E-state index in [4.69, 9.17) is 0 Å². The molecule has 2 nitrogen and oxygen atoms in total. The molecule has 0 N–H and O–H groups in total. The van der Waals surface area contributed by atoms with E-state index in [1.807, 2.05) is 62.4 Å². The summed E-state index contributed by atoms with van der Waals surface area (Å²) in [7, 11) is -1.36. The molecule has 0 saturated heterocycles. The van der Waals surface area contributed by atoms with Crippen molar-refractivity contribution in [1.82, 2.24) is 0 Å². The molecule has 132 valence electrons. The van der Waals surface area contributed by atoms with Gasteiger partial charge in [0.25, 0.3) is 0 Å². The van der Waals surface area contributed by atoms with Crippen LogP contribution in [0.1, 0.15) is 37.8 Å². The van der Waals surface area contributed by atoms with Crippen LogP contribution in [-0.2, 0) is 16.2 Å². The molecule has 0 radical (unpaired) electrons. The molecule has 0 aromatic heterocycles. The number of allylic oxidation sites excluding steroid dienone is 1. The molecule has 26 heavy (non-hydrogen) atoms. The maximum Gasteiger partial charge on any atom is 0.0979 e. The summed E-state index contributed by atoms with van der Waals surface area (Å²) < 4.78 is 13.2. The maximum absolute atomic E-state index is 13.2. The molecule has 3 heteroatoms. The number of hydrogen-bond donors (Lipinski definition) is 0. The molecule has 0 aliphatic rings. The highest BCUT2D eigenvalue weighted by Crippen LogP contribution is 2.38. The Morgan fingerprint density at radius 3 is 2.42 bits per heavy atom. The molecular formula is C23H23NOS. The van der Waals surface area contributed by atoms with Crippen molar-refractivity contribution in [3.8, 4) is 17.9 Å². The van der Waals surface area contributed by atoms with Crippen LogP contribution in [0.3, 0.4) is 0 Å². The highest BCUT2D eigenvalue weighted by molar-refractivity contribution is 7.85. The van der Waals surface area contributed by atoms with Gasteiger partial charge in [-0.2, -0.15) is 5.26 Å². The Morgan fingerprint density at radius 1 is 1.19 bits per heavy atom. The van der Waals surface area contributed by atoms with E-state index in [-0.39, 0.29) is 0 Å². The Balaban J connectivity index is 2.62. The predicted molar refractivity (Wildman–Crippen MR) is 107 cm³/mol. The lowest BCUT2D eigenvalue weighted by Gasteiger charge is -2.27. The van der Waals surface area contributed by atoms with Crippen molar-refractivity contribution >= 4 is 10.8 Å². The van der Waals surface area contributed by atoms with Gasteiger partial charge < -0.3 is 0 Å². The number of nitrogens with zero attached hydrogens (tertiary/aromatic N) is 1. The van der Waals surface area contributed by atoms with E-state index < -0.39 is 16.2 Å². The van der Waals surface area contributed by atoms with E-state index >= 15 is 0 Å². The van der Waals surface area contributed by atoms with E-state index in [1.165, 1.54) is 0 Å². The first-order valence-electron chi connectivity index (χ1n) is 8.47. The second-order valence-electron chi connectivity index (χ2n) is 6.51. The summed E-state index contributed by atoms with van der Waals surface area (Å²) in [5.74, 6) is 5.93. The summed E-state index contributed by atoms with van der Waals surface area (Å²) in [5, 5.41) is 10.1. The Hall–Kier alpha value is -2.62. The average molecular weight is 362 g/mol. The summed E-state index contributed by atoms with van der Waals surface area (Å²) in [6.45, 7) is 9.66. The van der Waals surface area contributed by atoms with Crippen molar-refractivity contribution in [2.45, 2.75) is 48.8 Å². The fraction of sp³-hybridized carbons (Fsp3) is 0.261. The van der Waals surface area contributed by atoms with Gasteiger partial charge in [0.15, 0.2) is 0 Å². The zero-order chi connectivity index (χ0) is 19.2. The summed E-state index contributed by atoms with van der Waals surface area (Å²) in [6.07, 6.45) is 0.870. The fourth-order valence-electron chi connectivity index (χ4n) is 2.96. The topological polar surface area (TPSA) is 40.9 Å². The van der Waals surface area contributed by atoms with Gasteiger partial charge in [0.05, 0.1) is 22.3 Å². The second-order valence-corrected chi connectivity index (χ2v) is 7.96. The molecular weight excluding hydrogens is 338 g/mol. The van der Waals surface area contributed by atoms with Gasteiger partial charge in [-0.05, 0) is 51.0 Å². The quantitative estimate of drug-likeness (QED) is 0.517. The first-order chi connectivity index (χ1) is 12.4. The molecule has 2 aromatic rings. The third kappa shape index (κ3) is 4.31. The molecule has 0 saturated carbocycles. The minimum Gasteiger partial charge on any atom is -0.249 e. The molecule has 2 aromatic carbocycles. The van der Waals surface area contributed by atoms with Crippen molar-refractivity contribution in [3.05, 3.63) is 71.8 Å². The van der Waals surface area contributed by atoms with Crippen LogP contribution in [-0.4, -0.2) is 4.21 Å². The van der Waals surface area contributed by atoms with Crippen LogP contribution in [0.4, 0.5) is 0 Å². The zero-order valence-corrected chi connectivity index (χ0v) is 16.3. The van der Waals surface area contributed by atoms with Crippen LogP contribution < -0.4 is 0 Å². The molecule has 0 amide bonds. The van der Waals surface area contributed by atoms with Gasteiger partial charge in [0.1, 0.15) is 0 Å². The van der Waals surface area contributed by atoms with Crippen molar-refractivity contribution in [3.63, 3.8) is 0 Å². The monoisotopic (exact) mass is 361 g/mol. The zero-order valence-electron chi connectivity index (χ0n) is 15.5. The first kappa shape index (κ1) is 19.7. The normalized spacial score (nSPS) is 13.6. The lowest BCUT2D eigenvalue weighted by atomic mass is 9.74. The summed E-state index contributed by atoms with van der Waals surface area (Å²) >= 11 is 0. The van der Waals surface area contributed by atoms with E-state index in [1.54, 1.807) is 6.92 Å². The highest BCUT2D eigenvalue weighted by Gasteiger charge is 2.35. The van der Waals surface area contributed by atoms with Crippen LogP contribution in [0, 0.1) is 30.1 Å². The lowest BCUT2D eigenvalue weighted by molar-refractivity contribution is 0.547. The SMILES string of the molecule is C=C(C)C[C@@](C#N)(CC#CC)c1ccccc1[S@@](=O)c1ccc(C)cc1. The van der Waals surface area contributed by atoms with Crippen LogP contribution in [0.25, 0.3) is 0 Å². The number of rotatable bonds is 6. The van der Waals surface area contributed by atoms with E-state index in [0.29, 0.717) is 17.7 Å². The molecule has 0 aliphatic heterocycles. The molecule has 0 heterocycles. The van der Waals surface area contributed by atoms with Crippen molar-refractivity contribution in [2.75, 3.05) is 0 Å². The van der Waals surface area contributed by atoms with Gasteiger partial charge in [-0.1, -0.05) is 41.5 Å². The fourth-order valence-corrected chi connectivity index (χ4v) is 4.26. The molecule has 0 bridgehead atoms. The van der Waals surface area contributed by atoms with E-state index in [0.717, 1.165) is 21.6 Å². The van der Waals surface area contributed by atoms with Gasteiger partial charge in [-0.3, -0.25) is 0 Å². The van der Waals surface area contributed by atoms with Gasteiger partial charge in [-0.15, -0.1) is 18.4 Å². The van der Waals surface area contributed by atoms with Gasteiger partial charge >= 0.3 is 0 Å². The van der Waals surface area contributed by atoms with E-state index in [2.05, 4.69) is 24.5 Å². The second kappa shape index (κ2) is 8.65. The van der Waals surface area contributed by atoms with Crippen LogP contribution >= 0.6 is 0 Å². The Kier molecular flexibility index (Phi) is 6.56. The Labute approximate surface area is 159 Å². The highest BCUT2D eigenvalue weighted by atomic mass is 32.2. The largest absolute Gasteiger partial charge is 0.249 e. The smallest absolute Gasteiger partial charge is 0.0979 e. The Morgan fingerprint density at radius 2 is 1.85 bits per heavy atom. The number of benzene rings is 2. The van der Waals surface area contributed by atoms with Gasteiger partial charge in [0, 0.05) is 16.2 Å². The molecule has 0 spiro atoms. The van der Waals surface area contributed by atoms with Gasteiger partial charge in [0.2, 0.25) is 0 Å². The molecule has 0 unspecified atom stereocenters. The third-order valence-electron chi connectivity index (χ3n) is 4.22. The predicted octanol–water partition coefficient (Wildman–Crippen LogP) is 5.30. The summed E-state index contributed by atoms with van der Waals surface area (Å²) in [5.41, 5.74) is 1.93. The van der Waals surface area contributed by atoms with Crippen molar-refractivity contribution < 1.29 is 4.21 Å². The van der Waals surface area contributed by atoms with Crippen LogP contribution in [0.2, 0.25) is 0 Å². The van der Waals surface area contributed by atoms with Crippen molar-refractivity contribution in [1.29, 1.82) is 5.26 Å². The molecule has 2 rings (SSSR count). The molecule has 2 atom stereocenters. The van der Waals surface area contributed by atoms with Crippen LogP contribution in [0.5, 0.6) is 0 Å². The Bertz CT molecular complexity index is 925. The van der Waals surface area contributed by atoms with Crippen molar-refractivity contribution in [2.24, 2.45) is 0 Å². The standard InChI is InChI=1S/C23H23NOS/c1-5-6-15-23(17-24,16-18(2)3)21-9-7-8-10-22(21)26(25)20-13-11-19(4)12-14-20/h7-14H,2,15-16H2,1,3-4H3/t23-,26+/m1/s1. The lowest BCUT2D eigenvalue weighted by Crippen LogP contribution is -2.26. The summed E-state index contributed by atoms with van der Waals surface area (Å²) in [6, 6.07) is 17.6. The number of nitriles is 1. The molecule has 0 fully saturated rings. The van der Waals surface area contributed by atoms with E-state index in [9.17, 15) is 9.47 Å². The molecule has 0 aliphatic carbocycles. The minimum absolute atomic E-state index is 0.384. The summed E-state index contributed by atoms with van der Waals surface area (Å²) in [4.78, 5) is 1.39. The maximum atomic E-state index is 13.2. The number of aryl methyl sites for hydroxylation is 1. The van der Waals surface area contributed by atoms with Crippen LogP contribution in [0.15, 0.2) is 70.5 Å². The third-order valence-corrected chi connectivity index (χ3v) is 5.68.